The van der Waals surface area contributed by atoms with E-state index in [0.29, 0.717) is 35.6 Å². The van der Waals surface area contributed by atoms with E-state index in [-0.39, 0.29) is 46.5 Å². The Morgan fingerprint density at radius 1 is 1.21 bits per heavy atom. The molecule has 8 heteroatoms. The third-order valence-corrected chi connectivity index (χ3v) is 6.34. The Balaban J connectivity index is 0.00000306. The highest BCUT2D eigenvalue weighted by Gasteiger charge is 2.34. The summed E-state index contributed by atoms with van der Waals surface area (Å²) in [6, 6.07) is 9.41. The van der Waals surface area contributed by atoms with Gasteiger partial charge >= 0.3 is 0 Å². The average Bonchev–Trinajstić information content (AvgIpc) is 3.18. The number of fused-ring (bicyclic) bond motifs is 2. The highest BCUT2D eigenvalue weighted by atomic mass is 79.9. The Morgan fingerprint density at radius 2 is 1.94 bits per heavy atom. The van der Waals surface area contributed by atoms with Crippen molar-refractivity contribution in [3.63, 3.8) is 0 Å². The summed E-state index contributed by atoms with van der Waals surface area (Å²) in [5.41, 5.74) is 4.95. The minimum absolute atomic E-state index is 0. The van der Waals surface area contributed by atoms with Crippen molar-refractivity contribution < 1.29 is 14.3 Å². The molecule has 7 nitrogen and oxygen atoms in total. The van der Waals surface area contributed by atoms with Gasteiger partial charge in [0.2, 0.25) is 0 Å². The molecule has 0 aliphatic carbocycles. The lowest BCUT2D eigenvalue weighted by molar-refractivity contribution is 0.0953. The molecular weight excluding hydrogens is 484 g/mol. The predicted molar refractivity (Wildman–Crippen MR) is 136 cm³/mol. The molecule has 176 valence electrons. The zero-order chi connectivity index (χ0) is 23.2. The van der Waals surface area contributed by atoms with Gasteiger partial charge in [-0.05, 0) is 48.4 Å². The van der Waals surface area contributed by atoms with Crippen LogP contribution in [0.1, 0.15) is 58.2 Å². The van der Waals surface area contributed by atoms with Crippen LogP contribution in [0.15, 0.2) is 30.3 Å². The van der Waals surface area contributed by atoms with Crippen LogP contribution in [-0.2, 0) is 12.0 Å². The lowest BCUT2D eigenvalue weighted by Gasteiger charge is -2.19. The molecule has 0 aromatic heterocycles. The molecule has 2 aliphatic rings. The van der Waals surface area contributed by atoms with E-state index in [9.17, 15) is 9.59 Å². The summed E-state index contributed by atoms with van der Waals surface area (Å²) in [4.78, 5) is 29.4. The van der Waals surface area contributed by atoms with E-state index < -0.39 is 0 Å². The Morgan fingerprint density at radius 3 is 2.61 bits per heavy atom. The molecule has 2 aliphatic heterocycles. The number of nitrogens with one attached hydrogen (secondary N) is 2. The summed E-state index contributed by atoms with van der Waals surface area (Å²) in [5.74, 6) is 0.468. The molecule has 0 atom stereocenters. The van der Waals surface area contributed by atoms with Crippen molar-refractivity contribution in [3.8, 4) is 5.75 Å². The van der Waals surface area contributed by atoms with E-state index in [2.05, 4.69) is 31.1 Å². The van der Waals surface area contributed by atoms with Gasteiger partial charge < -0.3 is 19.9 Å². The number of amides is 1. The van der Waals surface area contributed by atoms with Crippen LogP contribution in [0.3, 0.4) is 0 Å². The molecule has 0 saturated carbocycles. The number of carbonyl (C=O) groups excluding carboxylic acids is 2. The maximum absolute atomic E-state index is 13.1. The fourth-order valence-corrected chi connectivity index (χ4v) is 4.76. The third-order valence-electron chi connectivity index (χ3n) is 6.34. The number of anilines is 1. The number of benzene rings is 2. The van der Waals surface area contributed by atoms with Crippen LogP contribution in [0.4, 0.5) is 5.69 Å². The second-order valence-corrected chi connectivity index (χ2v) is 9.12. The van der Waals surface area contributed by atoms with E-state index in [1.807, 2.05) is 31.2 Å². The Hall–Kier alpha value is -2.87. The molecule has 33 heavy (non-hydrogen) atoms. The van der Waals surface area contributed by atoms with Gasteiger partial charge in [-0.15, -0.1) is 17.0 Å². The minimum atomic E-state index is -0.260. The van der Waals surface area contributed by atoms with Crippen LogP contribution in [0.25, 0.3) is 0 Å². The molecule has 0 spiro atoms. The Labute approximate surface area is 205 Å². The highest BCUT2D eigenvalue weighted by molar-refractivity contribution is 8.93. The van der Waals surface area contributed by atoms with Crippen molar-refractivity contribution in [2.75, 3.05) is 38.7 Å². The van der Waals surface area contributed by atoms with Gasteiger partial charge in [-0.1, -0.05) is 13.8 Å². The van der Waals surface area contributed by atoms with Crippen molar-refractivity contribution in [2.24, 2.45) is 0 Å². The largest absolute Gasteiger partial charge is 0.493 e. The number of ketones is 1. The number of hydrogen-bond donors (Lipinski definition) is 2. The summed E-state index contributed by atoms with van der Waals surface area (Å²) in [6.07, 6.45) is 0. The van der Waals surface area contributed by atoms with Gasteiger partial charge in [-0.2, -0.15) is 0 Å². The van der Waals surface area contributed by atoms with Crippen molar-refractivity contribution in [3.05, 3.63) is 58.1 Å². The van der Waals surface area contributed by atoms with Crippen molar-refractivity contribution in [2.45, 2.75) is 32.7 Å². The maximum atomic E-state index is 13.1. The quantitative estimate of drug-likeness (QED) is 0.573. The monoisotopic (exact) mass is 514 g/mol. The van der Waals surface area contributed by atoms with Crippen LogP contribution in [-0.4, -0.2) is 56.2 Å². The predicted octanol–water partition coefficient (Wildman–Crippen LogP) is 3.77. The zero-order valence-electron chi connectivity index (χ0n) is 19.7. The van der Waals surface area contributed by atoms with Gasteiger partial charge in [0.25, 0.3) is 5.91 Å². The van der Waals surface area contributed by atoms with Gasteiger partial charge in [-0.3, -0.25) is 15.0 Å². The number of halogens is 1. The number of hydrogen-bond acceptors (Lipinski definition) is 5. The number of nitrogens with zero attached hydrogens (tertiary/aromatic N) is 2. The van der Waals surface area contributed by atoms with Crippen molar-refractivity contribution >= 4 is 40.2 Å². The van der Waals surface area contributed by atoms with Crippen LogP contribution in [0.2, 0.25) is 0 Å². The molecular formula is C25H31BrN4O3. The van der Waals surface area contributed by atoms with E-state index in [4.69, 9.17) is 10.1 Å². The van der Waals surface area contributed by atoms with Gasteiger partial charge in [-0.25, -0.2) is 0 Å². The second kappa shape index (κ2) is 9.17. The lowest BCUT2D eigenvalue weighted by atomic mass is 9.86. The third kappa shape index (κ3) is 4.36. The molecule has 0 bridgehead atoms. The molecule has 2 N–H and O–H groups in total. The molecule has 2 aromatic rings. The Bertz CT molecular complexity index is 1130. The Kier molecular flexibility index (Phi) is 6.88. The molecule has 0 fully saturated rings. The van der Waals surface area contributed by atoms with E-state index in [0.717, 1.165) is 17.8 Å². The molecule has 2 heterocycles. The number of likely N-dealkylation sites (N-methyl/N-ethyl adjacent to an activating group) is 1. The van der Waals surface area contributed by atoms with Gasteiger partial charge in [0, 0.05) is 49.4 Å². The zero-order valence-corrected chi connectivity index (χ0v) is 21.5. The second-order valence-electron chi connectivity index (χ2n) is 9.12. The summed E-state index contributed by atoms with van der Waals surface area (Å²) in [6.45, 7) is 8.15. The molecule has 4 rings (SSSR count). The molecule has 1 amide bonds. The van der Waals surface area contributed by atoms with E-state index in [1.165, 1.54) is 5.56 Å². The topological polar surface area (TPSA) is 85.7 Å². The first-order valence-electron chi connectivity index (χ1n) is 10.9. The van der Waals surface area contributed by atoms with Crippen LogP contribution >= 0.6 is 17.0 Å². The number of amidine groups is 1. The van der Waals surface area contributed by atoms with Gasteiger partial charge in [0.05, 0.1) is 18.7 Å². The number of ether oxygens (including phenoxy) is 1. The fourth-order valence-electron chi connectivity index (χ4n) is 4.76. The smallest absolute Gasteiger partial charge is 0.254 e. The first kappa shape index (κ1) is 24.8. The van der Waals surface area contributed by atoms with E-state index >= 15 is 0 Å². The summed E-state index contributed by atoms with van der Waals surface area (Å²) in [5, 5.41) is 11.2. The first-order valence-corrected chi connectivity index (χ1v) is 10.9. The number of rotatable bonds is 6. The fraction of sp³-hybridized carbons (Fsp3) is 0.400. The van der Waals surface area contributed by atoms with Crippen molar-refractivity contribution in [1.82, 2.24) is 10.2 Å². The van der Waals surface area contributed by atoms with Crippen LogP contribution in [0.5, 0.6) is 5.75 Å². The molecule has 2 aromatic carbocycles. The van der Waals surface area contributed by atoms with Crippen LogP contribution in [0, 0.1) is 5.41 Å². The lowest BCUT2D eigenvalue weighted by Crippen LogP contribution is -2.30. The normalized spacial score (nSPS) is 15.6. The molecule has 0 unspecified atom stereocenters. The van der Waals surface area contributed by atoms with E-state index in [1.54, 1.807) is 18.0 Å². The summed E-state index contributed by atoms with van der Waals surface area (Å²) in [7, 11) is 3.64. The standard InChI is InChI=1S/C25H30N4O3.BrH/c1-6-32-22-10-16-12-29(23(26)17(16)11-18(22)24(31)27-4)13-21(30)15-7-8-20-19(9-15)25(2,3)14-28(20)5;/h7-11,26H,6,12-14H2,1-5H3,(H,27,31);1H. The molecule has 0 radical (unpaired) electrons. The first-order chi connectivity index (χ1) is 15.2. The van der Waals surface area contributed by atoms with Crippen LogP contribution < -0.4 is 15.0 Å². The van der Waals surface area contributed by atoms with Gasteiger partial charge in [0.1, 0.15) is 11.6 Å². The van der Waals surface area contributed by atoms with Gasteiger partial charge in [0.15, 0.2) is 5.78 Å². The average molecular weight is 515 g/mol. The highest BCUT2D eigenvalue weighted by Crippen LogP contribution is 2.40. The maximum Gasteiger partial charge on any atom is 0.254 e. The van der Waals surface area contributed by atoms with Crippen molar-refractivity contribution in [1.29, 1.82) is 5.41 Å². The number of carbonyl (C=O) groups is 2. The summed E-state index contributed by atoms with van der Waals surface area (Å²) < 4.78 is 5.66. The summed E-state index contributed by atoms with van der Waals surface area (Å²) >= 11 is 0. The SMILES string of the molecule is Br.CCOc1cc2c(cc1C(=O)NC)C(=N)N(CC(=O)c1ccc3c(c1)C(C)(C)CN3C)C2. The number of Topliss-reactive ketones (excluding diaryl/α,β-unsaturated/α-hetero) is 1. The minimum Gasteiger partial charge on any atom is -0.493 e. The molecule has 0 saturated heterocycles.